The van der Waals surface area contributed by atoms with Gasteiger partial charge in [0.25, 0.3) is 0 Å². The number of aliphatic hydroxyl groups excluding tert-OH is 1. The molecule has 1 aromatic heterocycles. The lowest BCUT2D eigenvalue weighted by atomic mass is 10.4. The Morgan fingerprint density at radius 1 is 1.29 bits per heavy atom. The number of thioether (sulfide) groups is 1. The van der Waals surface area contributed by atoms with Crippen LogP contribution in [0.2, 0.25) is 0 Å². The monoisotopic (exact) mass is 256 g/mol. The molecule has 0 radical (unpaired) electrons. The number of nitrogens with zero attached hydrogens (tertiary/aromatic N) is 2. The zero-order valence-electron chi connectivity index (χ0n) is 10.8. The molecule has 1 rings (SSSR count). The predicted octanol–water partition coefficient (Wildman–Crippen LogP) is 1.97. The van der Waals surface area contributed by atoms with Gasteiger partial charge in [-0.2, -0.15) is 0 Å². The number of rotatable bonds is 6. The highest BCUT2D eigenvalue weighted by Crippen LogP contribution is 2.15. The van der Waals surface area contributed by atoms with Crippen molar-refractivity contribution in [3.05, 3.63) is 17.5 Å². The summed E-state index contributed by atoms with van der Waals surface area (Å²) < 4.78 is 5.34. The van der Waals surface area contributed by atoms with Crippen LogP contribution in [0.4, 0.5) is 0 Å². The summed E-state index contributed by atoms with van der Waals surface area (Å²) in [4.78, 5) is 8.60. The molecule has 0 aliphatic rings. The number of aromatic nitrogens is 2. The standard InChI is InChI=1S/C12H20N2O2S/c1-8(2)16-6-11(15)7-17-12-13-9(3)5-10(4)14-12/h5,8,11,15H,6-7H2,1-4H3. The van der Waals surface area contributed by atoms with Gasteiger partial charge in [-0.1, -0.05) is 11.8 Å². The van der Waals surface area contributed by atoms with Gasteiger partial charge in [0.05, 0.1) is 18.8 Å². The molecular formula is C12H20N2O2S. The van der Waals surface area contributed by atoms with E-state index in [4.69, 9.17) is 4.74 Å². The van der Waals surface area contributed by atoms with E-state index in [2.05, 4.69) is 9.97 Å². The average molecular weight is 256 g/mol. The van der Waals surface area contributed by atoms with Crippen LogP contribution in [0, 0.1) is 13.8 Å². The van der Waals surface area contributed by atoms with Crippen LogP contribution in [-0.2, 0) is 4.74 Å². The molecule has 0 aromatic carbocycles. The van der Waals surface area contributed by atoms with Gasteiger partial charge in [0, 0.05) is 17.1 Å². The van der Waals surface area contributed by atoms with Crippen LogP contribution >= 0.6 is 11.8 Å². The van der Waals surface area contributed by atoms with Crippen LogP contribution in [0.25, 0.3) is 0 Å². The van der Waals surface area contributed by atoms with E-state index in [1.807, 2.05) is 33.8 Å². The highest BCUT2D eigenvalue weighted by Gasteiger charge is 2.08. The maximum atomic E-state index is 9.70. The molecule has 96 valence electrons. The first-order valence-corrected chi connectivity index (χ1v) is 6.70. The molecule has 5 heteroatoms. The summed E-state index contributed by atoms with van der Waals surface area (Å²) >= 11 is 1.46. The molecule has 0 bridgehead atoms. The lowest BCUT2D eigenvalue weighted by molar-refractivity contribution is 0.0152. The molecule has 4 nitrogen and oxygen atoms in total. The minimum atomic E-state index is -0.480. The Balaban J connectivity index is 2.39. The Labute approximate surface area is 107 Å². The molecule has 1 unspecified atom stereocenters. The van der Waals surface area contributed by atoms with E-state index in [1.165, 1.54) is 11.8 Å². The molecule has 17 heavy (non-hydrogen) atoms. The second-order valence-corrected chi connectivity index (χ2v) is 5.27. The summed E-state index contributed by atoms with van der Waals surface area (Å²) in [6, 6.07) is 1.93. The van der Waals surface area contributed by atoms with Gasteiger partial charge in [0.2, 0.25) is 0 Å². The first-order valence-electron chi connectivity index (χ1n) is 5.72. The highest BCUT2D eigenvalue weighted by molar-refractivity contribution is 7.99. The van der Waals surface area contributed by atoms with E-state index in [0.29, 0.717) is 17.5 Å². The Hall–Kier alpha value is -0.650. The third-order valence-electron chi connectivity index (χ3n) is 1.99. The van der Waals surface area contributed by atoms with Gasteiger partial charge in [-0.05, 0) is 33.8 Å². The smallest absolute Gasteiger partial charge is 0.188 e. The van der Waals surface area contributed by atoms with Crippen molar-refractivity contribution in [2.45, 2.75) is 45.1 Å². The van der Waals surface area contributed by atoms with Crippen LogP contribution in [0.1, 0.15) is 25.2 Å². The number of aliphatic hydroxyl groups is 1. The van der Waals surface area contributed by atoms with Gasteiger partial charge in [-0.25, -0.2) is 9.97 Å². The van der Waals surface area contributed by atoms with Crippen molar-refractivity contribution in [2.75, 3.05) is 12.4 Å². The summed E-state index contributed by atoms with van der Waals surface area (Å²) in [5.74, 6) is 0.551. The summed E-state index contributed by atoms with van der Waals surface area (Å²) in [7, 11) is 0. The average Bonchev–Trinajstić information content (AvgIpc) is 2.22. The zero-order valence-corrected chi connectivity index (χ0v) is 11.6. The van der Waals surface area contributed by atoms with Crippen molar-refractivity contribution >= 4 is 11.8 Å². The van der Waals surface area contributed by atoms with Crippen LogP contribution in [0.15, 0.2) is 11.2 Å². The molecule has 0 amide bonds. The Morgan fingerprint density at radius 2 is 1.88 bits per heavy atom. The number of hydrogen-bond acceptors (Lipinski definition) is 5. The molecule has 0 aliphatic heterocycles. The Bertz CT molecular complexity index is 338. The molecular weight excluding hydrogens is 236 g/mol. The molecule has 1 aromatic rings. The van der Waals surface area contributed by atoms with E-state index >= 15 is 0 Å². The van der Waals surface area contributed by atoms with E-state index < -0.39 is 6.10 Å². The van der Waals surface area contributed by atoms with E-state index in [1.54, 1.807) is 0 Å². The lowest BCUT2D eigenvalue weighted by Crippen LogP contribution is -2.20. The van der Waals surface area contributed by atoms with Gasteiger partial charge >= 0.3 is 0 Å². The minimum Gasteiger partial charge on any atom is -0.390 e. The van der Waals surface area contributed by atoms with Crippen LogP contribution in [0.3, 0.4) is 0 Å². The minimum absolute atomic E-state index is 0.145. The lowest BCUT2D eigenvalue weighted by Gasteiger charge is -2.12. The van der Waals surface area contributed by atoms with Gasteiger partial charge in [0.1, 0.15) is 0 Å². The van der Waals surface area contributed by atoms with Crippen LogP contribution in [-0.4, -0.2) is 39.6 Å². The van der Waals surface area contributed by atoms with Gasteiger partial charge < -0.3 is 9.84 Å². The van der Waals surface area contributed by atoms with Crippen LogP contribution < -0.4 is 0 Å². The first-order chi connectivity index (χ1) is 7.97. The van der Waals surface area contributed by atoms with Crippen LogP contribution in [0.5, 0.6) is 0 Å². The molecule has 0 aliphatic carbocycles. The second-order valence-electron chi connectivity index (χ2n) is 4.28. The first kappa shape index (κ1) is 14.4. The van der Waals surface area contributed by atoms with E-state index in [9.17, 15) is 5.11 Å². The maximum Gasteiger partial charge on any atom is 0.188 e. The highest BCUT2D eigenvalue weighted by atomic mass is 32.2. The molecule has 0 saturated heterocycles. The number of ether oxygens (including phenoxy) is 1. The third-order valence-corrected chi connectivity index (χ3v) is 2.98. The summed E-state index contributed by atoms with van der Waals surface area (Å²) in [6.45, 7) is 8.14. The van der Waals surface area contributed by atoms with Gasteiger partial charge in [-0.3, -0.25) is 0 Å². The largest absolute Gasteiger partial charge is 0.390 e. The van der Waals surface area contributed by atoms with Crippen molar-refractivity contribution in [2.24, 2.45) is 0 Å². The van der Waals surface area contributed by atoms with Crippen molar-refractivity contribution in [1.29, 1.82) is 0 Å². The SMILES string of the molecule is Cc1cc(C)nc(SCC(O)COC(C)C)n1. The van der Waals surface area contributed by atoms with Gasteiger partial charge in [-0.15, -0.1) is 0 Å². The molecule has 0 fully saturated rings. The normalized spacial score (nSPS) is 13.1. The number of aryl methyl sites for hydroxylation is 2. The Morgan fingerprint density at radius 3 is 2.41 bits per heavy atom. The Kier molecular flexibility index (Phi) is 5.88. The van der Waals surface area contributed by atoms with Gasteiger partial charge in [0.15, 0.2) is 5.16 Å². The number of hydrogen-bond donors (Lipinski definition) is 1. The maximum absolute atomic E-state index is 9.70. The molecule has 1 atom stereocenters. The fraction of sp³-hybridized carbons (Fsp3) is 0.667. The summed E-state index contributed by atoms with van der Waals surface area (Å²) in [6.07, 6.45) is -0.334. The summed E-state index contributed by atoms with van der Waals surface area (Å²) in [5.41, 5.74) is 1.90. The quantitative estimate of drug-likeness (QED) is 0.623. The van der Waals surface area contributed by atoms with Crippen molar-refractivity contribution in [3.63, 3.8) is 0 Å². The van der Waals surface area contributed by atoms with E-state index in [-0.39, 0.29) is 6.10 Å². The topological polar surface area (TPSA) is 55.2 Å². The van der Waals surface area contributed by atoms with Crippen molar-refractivity contribution < 1.29 is 9.84 Å². The molecule has 1 heterocycles. The second kappa shape index (κ2) is 6.93. The van der Waals surface area contributed by atoms with Crippen molar-refractivity contribution in [3.8, 4) is 0 Å². The fourth-order valence-corrected chi connectivity index (χ4v) is 2.14. The zero-order chi connectivity index (χ0) is 12.8. The van der Waals surface area contributed by atoms with Crippen molar-refractivity contribution in [1.82, 2.24) is 9.97 Å². The van der Waals surface area contributed by atoms with E-state index in [0.717, 1.165) is 11.4 Å². The summed E-state index contributed by atoms with van der Waals surface area (Å²) in [5, 5.41) is 10.4. The molecule has 0 saturated carbocycles. The molecule has 1 N–H and O–H groups in total. The predicted molar refractivity (Wildman–Crippen MR) is 69.3 cm³/mol. The molecule has 0 spiro atoms. The fourth-order valence-electron chi connectivity index (χ4n) is 1.28. The third kappa shape index (κ3) is 6.00.